The van der Waals surface area contributed by atoms with Crippen LogP contribution in [-0.4, -0.2) is 41.6 Å². The molecule has 0 unspecified atom stereocenters. The van der Waals surface area contributed by atoms with Crippen molar-refractivity contribution in [3.8, 4) is 11.1 Å². The summed E-state index contributed by atoms with van der Waals surface area (Å²) in [6.07, 6.45) is 3.13. The minimum absolute atomic E-state index is 0.0138. The van der Waals surface area contributed by atoms with Crippen LogP contribution in [0.25, 0.3) is 11.1 Å². The Balaban J connectivity index is 1.85. The van der Waals surface area contributed by atoms with Gasteiger partial charge in [0.2, 0.25) is 0 Å². The van der Waals surface area contributed by atoms with Crippen molar-refractivity contribution >= 4 is 29.2 Å². The summed E-state index contributed by atoms with van der Waals surface area (Å²) >= 11 is 6.22. The van der Waals surface area contributed by atoms with Gasteiger partial charge in [0, 0.05) is 42.1 Å². The van der Waals surface area contributed by atoms with Crippen molar-refractivity contribution in [3.05, 3.63) is 47.2 Å². The van der Waals surface area contributed by atoms with E-state index in [0.29, 0.717) is 17.3 Å². The van der Waals surface area contributed by atoms with Crippen LogP contribution in [0, 0.1) is 0 Å². The van der Waals surface area contributed by atoms with Crippen LogP contribution in [0.1, 0.15) is 50.9 Å². The molecule has 2 heterocycles. The standard InChI is InChI=1S/C23H28ClN3O3/c1-15(28)16-7-5-8-17(11-16)19-13-25-21(24)12-20(19)27-10-6-9-18(14-27)26-22(29)30-23(2,3)4/h5,7-8,11-13,18H,6,9-10,14H2,1-4H3,(H,26,29)/t18-/m0/s1. The lowest BCUT2D eigenvalue weighted by Crippen LogP contribution is -2.49. The summed E-state index contributed by atoms with van der Waals surface area (Å²) in [7, 11) is 0. The van der Waals surface area contributed by atoms with Gasteiger partial charge in [-0.25, -0.2) is 9.78 Å². The van der Waals surface area contributed by atoms with Crippen LogP contribution in [0.2, 0.25) is 5.15 Å². The van der Waals surface area contributed by atoms with E-state index in [2.05, 4.69) is 15.2 Å². The summed E-state index contributed by atoms with van der Waals surface area (Å²) in [4.78, 5) is 30.5. The molecule has 1 N–H and O–H groups in total. The van der Waals surface area contributed by atoms with Crippen LogP contribution in [-0.2, 0) is 4.74 Å². The monoisotopic (exact) mass is 429 g/mol. The van der Waals surface area contributed by atoms with Gasteiger partial charge in [-0.2, -0.15) is 0 Å². The summed E-state index contributed by atoms with van der Waals surface area (Å²) in [6.45, 7) is 8.57. The quantitative estimate of drug-likeness (QED) is 0.540. The third-order valence-electron chi connectivity index (χ3n) is 4.91. The van der Waals surface area contributed by atoms with Gasteiger partial charge < -0.3 is 15.0 Å². The Morgan fingerprint density at radius 1 is 1.27 bits per heavy atom. The van der Waals surface area contributed by atoms with Crippen LogP contribution in [0.3, 0.4) is 0 Å². The first-order valence-corrected chi connectivity index (χ1v) is 10.5. The van der Waals surface area contributed by atoms with Crippen molar-refractivity contribution < 1.29 is 14.3 Å². The Hall–Kier alpha value is -2.60. The van der Waals surface area contributed by atoms with Gasteiger partial charge in [-0.05, 0) is 58.2 Å². The van der Waals surface area contributed by atoms with Crippen LogP contribution < -0.4 is 10.2 Å². The van der Waals surface area contributed by atoms with E-state index in [1.165, 1.54) is 0 Å². The van der Waals surface area contributed by atoms with Gasteiger partial charge in [0.1, 0.15) is 10.8 Å². The molecule has 30 heavy (non-hydrogen) atoms. The Morgan fingerprint density at radius 2 is 2.03 bits per heavy atom. The second-order valence-corrected chi connectivity index (χ2v) is 8.98. The van der Waals surface area contributed by atoms with Crippen LogP contribution in [0.15, 0.2) is 36.5 Å². The molecule has 1 amide bonds. The van der Waals surface area contributed by atoms with Crippen LogP contribution in [0.5, 0.6) is 0 Å². The SMILES string of the molecule is CC(=O)c1cccc(-c2cnc(Cl)cc2N2CCC[C@H](NC(=O)OC(C)(C)C)C2)c1. The number of hydrogen-bond donors (Lipinski definition) is 1. The summed E-state index contributed by atoms with van der Waals surface area (Å²) in [5, 5.41) is 3.38. The number of carbonyl (C=O) groups excluding carboxylic acids is 2. The second kappa shape index (κ2) is 9.04. The van der Waals surface area contributed by atoms with Crippen molar-refractivity contribution in [1.82, 2.24) is 10.3 Å². The van der Waals surface area contributed by atoms with Gasteiger partial charge in [-0.1, -0.05) is 29.8 Å². The number of ketones is 1. The maximum absolute atomic E-state index is 12.2. The molecule has 1 aromatic carbocycles. The Kier molecular flexibility index (Phi) is 6.66. The predicted octanol–water partition coefficient (Wildman–Crippen LogP) is 5.10. The fourth-order valence-electron chi connectivity index (χ4n) is 3.60. The Morgan fingerprint density at radius 3 is 2.73 bits per heavy atom. The fourth-order valence-corrected chi connectivity index (χ4v) is 3.75. The molecular weight excluding hydrogens is 402 g/mol. The molecule has 0 aliphatic carbocycles. The largest absolute Gasteiger partial charge is 0.444 e. The van der Waals surface area contributed by atoms with E-state index in [9.17, 15) is 9.59 Å². The molecule has 0 spiro atoms. The topological polar surface area (TPSA) is 71.5 Å². The molecular formula is C23H28ClN3O3. The number of halogens is 1. The zero-order chi connectivity index (χ0) is 21.9. The fraction of sp³-hybridized carbons (Fsp3) is 0.435. The number of Topliss-reactive ketones (excluding diaryl/α,β-unsaturated/α-hetero) is 1. The number of piperidine rings is 1. The van der Waals surface area contributed by atoms with Gasteiger partial charge >= 0.3 is 6.09 Å². The lowest BCUT2D eigenvalue weighted by atomic mass is 9.99. The maximum Gasteiger partial charge on any atom is 0.407 e. The normalized spacial score (nSPS) is 16.8. The summed E-state index contributed by atoms with van der Waals surface area (Å²) in [5.41, 5.74) is 2.86. The van der Waals surface area contributed by atoms with Gasteiger partial charge in [0.15, 0.2) is 5.78 Å². The molecule has 3 rings (SSSR count). The van der Waals surface area contributed by atoms with Crippen molar-refractivity contribution in [2.24, 2.45) is 0 Å². The molecule has 1 aliphatic heterocycles. The van der Waals surface area contributed by atoms with Crippen LogP contribution in [0.4, 0.5) is 10.5 Å². The van der Waals surface area contributed by atoms with Gasteiger partial charge in [-0.3, -0.25) is 4.79 Å². The summed E-state index contributed by atoms with van der Waals surface area (Å²) < 4.78 is 5.40. The number of rotatable bonds is 4. The molecule has 0 radical (unpaired) electrons. The number of hydrogen-bond acceptors (Lipinski definition) is 5. The van der Waals surface area contributed by atoms with E-state index in [1.54, 1.807) is 19.2 Å². The zero-order valence-electron chi connectivity index (χ0n) is 17.9. The molecule has 1 saturated heterocycles. The molecule has 2 aromatic rings. The van der Waals surface area contributed by atoms with Crippen molar-refractivity contribution in [2.75, 3.05) is 18.0 Å². The number of ether oxygens (including phenoxy) is 1. The third-order valence-corrected chi connectivity index (χ3v) is 5.12. The van der Waals surface area contributed by atoms with E-state index in [1.807, 2.05) is 45.0 Å². The van der Waals surface area contributed by atoms with E-state index in [4.69, 9.17) is 16.3 Å². The van der Waals surface area contributed by atoms with Gasteiger partial charge in [0.25, 0.3) is 0 Å². The molecule has 1 atom stereocenters. The number of pyridine rings is 1. The Bertz CT molecular complexity index is 940. The number of benzene rings is 1. The minimum Gasteiger partial charge on any atom is -0.444 e. The highest BCUT2D eigenvalue weighted by Crippen LogP contribution is 2.34. The minimum atomic E-state index is -0.536. The molecule has 0 bridgehead atoms. The molecule has 160 valence electrons. The predicted molar refractivity (Wildman–Crippen MR) is 119 cm³/mol. The first-order valence-electron chi connectivity index (χ1n) is 10.1. The molecule has 6 nitrogen and oxygen atoms in total. The van der Waals surface area contributed by atoms with Gasteiger partial charge in [-0.15, -0.1) is 0 Å². The third kappa shape index (κ3) is 5.72. The molecule has 1 aliphatic rings. The first-order chi connectivity index (χ1) is 14.1. The maximum atomic E-state index is 12.2. The highest BCUT2D eigenvalue weighted by molar-refractivity contribution is 6.29. The molecule has 1 aromatic heterocycles. The molecule has 0 saturated carbocycles. The molecule has 7 heteroatoms. The Labute approximate surface area is 182 Å². The number of nitrogens with zero attached hydrogens (tertiary/aromatic N) is 2. The molecule has 1 fully saturated rings. The highest BCUT2D eigenvalue weighted by Gasteiger charge is 2.26. The number of aromatic nitrogens is 1. The number of carbonyl (C=O) groups is 2. The number of amides is 1. The van der Waals surface area contributed by atoms with E-state index in [-0.39, 0.29) is 11.8 Å². The van der Waals surface area contributed by atoms with E-state index in [0.717, 1.165) is 36.2 Å². The van der Waals surface area contributed by atoms with E-state index < -0.39 is 11.7 Å². The lowest BCUT2D eigenvalue weighted by molar-refractivity contribution is 0.0500. The van der Waals surface area contributed by atoms with Crippen LogP contribution >= 0.6 is 11.6 Å². The summed E-state index contributed by atoms with van der Waals surface area (Å²) in [6, 6.07) is 9.31. The highest BCUT2D eigenvalue weighted by atomic mass is 35.5. The number of nitrogens with one attached hydrogen (secondary N) is 1. The number of alkyl carbamates (subject to hydrolysis) is 1. The first kappa shape index (κ1) is 22.1. The zero-order valence-corrected chi connectivity index (χ0v) is 18.6. The summed E-state index contributed by atoms with van der Waals surface area (Å²) in [5.74, 6) is 0.0138. The van der Waals surface area contributed by atoms with E-state index >= 15 is 0 Å². The van der Waals surface area contributed by atoms with Crippen molar-refractivity contribution in [2.45, 2.75) is 52.2 Å². The van der Waals surface area contributed by atoms with Gasteiger partial charge in [0.05, 0.1) is 0 Å². The van der Waals surface area contributed by atoms with Crippen molar-refractivity contribution in [1.29, 1.82) is 0 Å². The number of anilines is 1. The average molecular weight is 430 g/mol. The average Bonchev–Trinajstić information content (AvgIpc) is 2.66. The second-order valence-electron chi connectivity index (χ2n) is 8.59. The lowest BCUT2D eigenvalue weighted by Gasteiger charge is -2.36. The van der Waals surface area contributed by atoms with Crippen molar-refractivity contribution in [3.63, 3.8) is 0 Å². The smallest absolute Gasteiger partial charge is 0.407 e.